The van der Waals surface area contributed by atoms with Crippen molar-refractivity contribution in [2.24, 2.45) is 0 Å². The first kappa shape index (κ1) is 9.67. The summed E-state index contributed by atoms with van der Waals surface area (Å²) >= 11 is 3.20. The van der Waals surface area contributed by atoms with Crippen LogP contribution in [0.15, 0.2) is 14.4 Å². The number of nitrogens with zero attached hydrogens (tertiary/aromatic N) is 3. The van der Waals surface area contributed by atoms with Gasteiger partial charge >= 0.3 is 0 Å². The monoisotopic (exact) mass is 227 g/mol. The molecular formula is C8H9N3OS2. The predicted molar refractivity (Wildman–Crippen MR) is 55.4 cm³/mol. The van der Waals surface area contributed by atoms with Gasteiger partial charge in [-0.3, -0.25) is 0 Å². The smallest absolute Gasteiger partial charge is 0.174 e. The molecule has 0 aliphatic rings. The Hall–Kier alpha value is -0.880. The number of aryl methyl sites for hydroxylation is 2. The zero-order chi connectivity index (χ0) is 9.97. The van der Waals surface area contributed by atoms with E-state index in [1.165, 1.54) is 0 Å². The SMILES string of the molecule is Cc1noc(C)c1CSc1nncs1. The first-order chi connectivity index (χ1) is 6.77. The standard InChI is InChI=1S/C8H9N3OS2/c1-5-7(6(2)12-11-5)3-13-8-10-9-4-14-8/h4H,3H2,1-2H3. The molecule has 4 nitrogen and oxygen atoms in total. The normalized spacial score (nSPS) is 10.7. The second-order valence-corrected chi connectivity index (χ2v) is 4.85. The summed E-state index contributed by atoms with van der Waals surface area (Å²) in [6.45, 7) is 3.88. The second-order valence-electron chi connectivity index (χ2n) is 2.80. The van der Waals surface area contributed by atoms with Crippen LogP contribution in [-0.2, 0) is 5.75 Å². The van der Waals surface area contributed by atoms with E-state index < -0.39 is 0 Å². The molecule has 6 heteroatoms. The lowest BCUT2D eigenvalue weighted by Crippen LogP contribution is -1.84. The molecule has 2 heterocycles. The summed E-state index contributed by atoms with van der Waals surface area (Å²) in [6, 6.07) is 0. The molecule has 0 spiro atoms. The van der Waals surface area contributed by atoms with E-state index in [-0.39, 0.29) is 0 Å². The zero-order valence-corrected chi connectivity index (χ0v) is 9.48. The fraction of sp³-hybridized carbons (Fsp3) is 0.375. The van der Waals surface area contributed by atoms with Gasteiger partial charge in [-0.05, 0) is 13.8 Å². The van der Waals surface area contributed by atoms with E-state index in [1.807, 2.05) is 13.8 Å². The van der Waals surface area contributed by atoms with Gasteiger partial charge in [0.15, 0.2) is 4.34 Å². The summed E-state index contributed by atoms with van der Waals surface area (Å²) in [6.07, 6.45) is 0. The Morgan fingerprint density at radius 2 is 2.36 bits per heavy atom. The number of hydrogen-bond donors (Lipinski definition) is 0. The molecule has 0 radical (unpaired) electrons. The summed E-state index contributed by atoms with van der Waals surface area (Å²) < 4.78 is 6.05. The van der Waals surface area contributed by atoms with E-state index in [0.717, 1.165) is 27.1 Å². The molecule has 74 valence electrons. The number of thioether (sulfide) groups is 1. The second kappa shape index (κ2) is 4.10. The van der Waals surface area contributed by atoms with Crippen molar-refractivity contribution < 1.29 is 4.52 Å². The Morgan fingerprint density at radius 1 is 1.50 bits per heavy atom. The molecule has 0 aromatic carbocycles. The van der Waals surface area contributed by atoms with Crippen molar-refractivity contribution in [1.29, 1.82) is 0 Å². The van der Waals surface area contributed by atoms with Crippen LogP contribution >= 0.6 is 23.1 Å². The molecule has 0 unspecified atom stereocenters. The van der Waals surface area contributed by atoms with Gasteiger partial charge in [0.1, 0.15) is 11.3 Å². The molecule has 2 aromatic rings. The molecule has 0 saturated heterocycles. The fourth-order valence-corrected chi connectivity index (χ4v) is 2.71. The number of rotatable bonds is 3. The molecule has 0 bridgehead atoms. The zero-order valence-electron chi connectivity index (χ0n) is 7.85. The van der Waals surface area contributed by atoms with Gasteiger partial charge in [0.25, 0.3) is 0 Å². The third-order valence-electron chi connectivity index (χ3n) is 1.86. The van der Waals surface area contributed by atoms with Crippen LogP contribution in [0, 0.1) is 13.8 Å². The van der Waals surface area contributed by atoms with Gasteiger partial charge < -0.3 is 4.52 Å². The van der Waals surface area contributed by atoms with Crippen molar-refractivity contribution in [2.75, 3.05) is 0 Å². The fourth-order valence-electron chi connectivity index (χ4n) is 1.07. The van der Waals surface area contributed by atoms with E-state index in [2.05, 4.69) is 15.4 Å². The molecule has 0 atom stereocenters. The van der Waals surface area contributed by atoms with E-state index in [0.29, 0.717) is 0 Å². The summed E-state index contributed by atoms with van der Waals surface area (Å²) in [5, 5.41) is 11.6. The van der Waals surface area contributed by atoms with Crippen LogP contribution in [0.5, 0.6) is 0 Å². The van der Waals surface area contributed by atoms with Gasteiger partial charge in [-0.15, -0.1) is 10.2 Å². The third kappa shape index (κ3) is 1.96. The molecular weight excluding hydrogens is 218 g/mol. The van der Waals surface area contributed by atoms with Gasteiger partial charge in [0.05, 0.1) is 5.69 Å². The van der Waals surface area contributed by atoms with Gasteiger partial charge in [0, 0.05) is 11.3 Å². The molecule has 0 N–H and O–H groups in total. The maximum absolute atomic E-state index is 5.07. The minimum absolute atomic E-state index is 0.844. The third-order valence-corrected chi connectivity index (χ3v) is 3.75. The Kier molecular flexibility index (Phi) is 2.83. The average Bonchev–Trinajstić information content (AvgIpc) is 2.76. The first-order valence-corrected chi connectivity index (χ1v) is 5.94. The summed E-state index contributed by atoms with van der Waals surface area (Å²) in [4.78, 5) is 0. The quantitative estimate of drug-likeness (QED) is 0.754. The Bertz CT molecular complexity index is 391. The summed E-state index contributed by atoms with van der Waals surface area (Å²) in [7, 11) is 0. The minimum atomic E-state index is 0.844. The topological polar surface area (TPSA) is 51.8 Å². The highest BCUT2D eigenvalue weighted by Gasteiger charge is 2.09. The molecule has 2 rings (SSSR count). The van der Waals surface area contributed by atoms with Crippen LogP contribution in [0.3, 0.4) is 0 Å². The Balaban J connectivity index is 2.05. The van der Waals surface area contributed by atoms with E-state index in [1.54, 1.807) is 28.6 Å². The number of aromatic nitrogens is 3. The Morgan fingerprint density at radius 3 is 2.93 bits per heavy atom. The largest absolute Gasteiger partial charge is 0.361 e. The van der Waals surface area contributed by atoms with Crippen LogP contribution in [-0.4, -0.2) is 15.4 Å². The Labute approximate surface area is 89.7 Å². The van der Waals surface area contributed by atoms with E-state index in [4.69, 9.17) is 4.52 Å². The highest BCUT2D eigenvalue weighted by atomic mass is 32.2. The van der Waals surface area contributed by atoms with Crippen LogP contribution in [0.2, 0.25) is 0 Å². The molecule has 0 amide bonds. The lowest BCUT2D eigenvalue weighted by Gasteiger charge is -1.95. The van der Waals surface area contributed by atoms with Crippen LogP contribution < -0.4 is 0 Å². The minimum Gasteiger partial charge on any atom is -0.361 e. The first-order valence-electron chi connectivity index (χ1n) is 4.08. The molecule has 0 aliphatic heterocycles. The van der Waals surface area contributed by atoms with Gasteiger partial charge in [-0.25, -0.2) is 0 Å². The van der Waals surface area contributed by atoms with Gasteiger partial charge in [-0.2, -0.15) is 0 Å². The maximum atomic E-state index is 5.07. The van der Waals surface area contributed by atoms with E-state index >= 15 is 0 Å². The molecule has 0 saturated carbocycles. The van der Waals surface area contributed by atoms with Crippen molar-refractivity contribution in [3.8, 4) is 0 Å². The summed E-state index contributed by atoms with van der Waals surface area (Å²) in [5.41, 5.74) is 3.85. The molecule has 2 aromatic heterocycles. The van der Waals surface area contributed by atoms with Crippen molar-refractivity contribution >= 4 is 23.1 Å². The summed E-state index contributed by atoms with van der Waals surface area (Å²) in [5.74, 6) is 1.73. The van der Waals surface area contributed by atoms with Crippen molar-refractivity contribution in [1.82, 2.24) is 15.4 Å². The average molecular weight is 227 g/mol. The lowest BCUT2D eigenvalue weighted by atomic mass is 10.2. The lowest BCUT2D eigenvalue weighted by molar-refractivity contribution is 0.392. The number of hydrogen-bond acceptors (Lipinski definition) is 6. The van der Waals surface area contributed by atoms with Gasteiger partial charge in [-0.1, -0.05) is 28.3 Å². The van der Waals surface area contributed by atoms with Crippen LogP contribution in [0.4, 0.5) is 0 Å². The molecule has 14 heavy (non-hydrogen) atoms. The van der Waals surface area contributed by atoms with E-state index in [9.17, 15) is 0 Å². The van der Waals surface area contributed by atoms with Crippen molar-refractivity contribution in [2.45, 2.75) is 23.9 Å². The van der Waals surface area contributed by atoms with Crippen molar-refractivity contribution in [3.05, 3.63) is 22.5 Å². The van der Waals surface area contributed by atoms with Gasteiger partial charge in [0.2, 0.25) is 0 Å². The highest BCUT2D eigenvalue weighted by molar-refractivity contribution is 8.00. The van der Waals surface area contributed by atoms with Crippen molar-refractivity contribution in [3.63, 3.8) is 0 Å². The predicted octanol–water partition coefficient (Wildman–Crippen LogP) is 2.44. The van der Waals surface area contributed by atoms with Crippen LogP contribution in [0.1, 0.15) is 17.0 Å². The highest BCUT2D eigenvalue weighted by Crippen LogP contribution is 2.26. The van der Waals surface area contributed by atoms with Crippen LogP contribution in [0.25, 0.3) is 0 Å². The molecule has 0 fully saturated rings. The molecule has 0 aliphatic carbocycles. The maximum Gasteiger partial charge on any atom is 0.174 e.